The second-order valence-corrected chi connectivity index (χ2v) is 4.57. The Morgan fingerprint density at radius 3 is 2.16 bits per heavy atom. The molecule has 5 heteroatoms. The Labute approximate surface area is 113 Å². The average Bonchev–Trinajstić information content (AvgIpc) is 2.31. The van der Waals surface area contributed by atoms with E-state index in [0.717, 1.165) is 24.3 Å². The van der Waals surface area contributed by atoms with Crippen LogP contribution in [-0.2, 0) is 6.42 Å². The van der Waals surface area contributed by atoms with Crippen molar-refractivity contribution < 1.29 is 18.3 Å². The van der Waals surface area contributed by atoms with E-state index in [1.165, 1.54) is 12.1 Å². The quantitative estimate of drug-likeness (QED) is 0.903. The zero-order chi connectivity index (χ0) is 14.0. The van der Waals surface area contributed by atoms with Crippen molar-refractivity contribution in [1.82, 2.24) is 0 Å². The van der Waals surface area contributed by atoms with E-state index < -0.39 is 23.6 Å². The van der Waals surface area contributed by atoms with Crippen molar-refractivity contribution in [2.24, 2.45) is 0 Å². The summed E-state index contributed by atoms with van der Waals surface area (Å²) in [6, 6.07) is 6.57. The van der Waals surface area contributed by atoms with Crippen molar-refractivity contribution in [3.8, 4) is 0 Å². The minimum Gasteiger partial charge on any atom is -0.388 e. The zero-order valence-corrected chi connectivity index (χ0v) is 10.5. The maximum Gasteiger partial charge on any atom is 0.126 e. The van der Waals surface area contributed by atoms with E-state index in [0.29, 0.717) is 5.56 Å². The molecule has 1 unspecified atom stereocenters. The molecule has 0 saturated carbocycles. The zero-order valence-electron chi connectivity index (χ0n) is 9.71. The average molecular weight is 287 g/mol. The molecule has 1 nitrogen and oxygen atoms in total. The van der Waals surface area contributed by atoms with Crippen LogP contribution in [0.1, 0.15) is 17.2 Å². The molecule has 2 aromatic carbocycles. The highest BCUT2D eigenvalue weighted by molar-refractivity contribution is 6.31. The Morgan fingerprint density at radius 1 is 0.947 bits per heavy atom. The molecule has 2 aromatic rings. The highest BCUT2D eigenvalue weighted by Gasteiger charge is 2.13. The number of benzene rings is 2. The van der Waals surface area contributed by atoms with Gasteiger partial charge in [-0.25, -0.2) is 13.2 Å². The molecule has 0 spiro atoms. The van der Waals surface area contributed by atoms with Crippen LogP contribution in [0.2, 0.25) is 5.02 Å². The van der Waals surface area contributed by atoms with Gasteiger partial charge in [0.25, 0.3) is 0 Å². The van der Waals surface area contributed by atoms with Crippen LogP contribution in [-0.4, -0.2) is 5.11 Å². The lowest BCUT2D eigenvalue weighted by atomic mass is 10.0. The van der Waals surface area contributed by atoms with Gasteiger partial charge in [0.15, 0.2) is 0 Å². The summed E-state index contributed by atoms with van der Waals surface area (Å²) < 4.78 is 38.9. The van der Waals surface area contributed by atoms with E-state index >= 15 is 0 Å². The smallest absolute Gasteiger partial charge is 0.126 e. The van der Waals surface area contributed by atoms with Gasteiger partial charge >= 0.3 is 0 Å². The van der Waals surface area contributed by atoms with Crippen LogP contribution in [0, 0.1) is 17.5 Å². The number of aliphatic hydroxyl groups excluding tert-OH is 1. The van der Waals surface area contributed by atoms with E-state index in [1.807, 2.05) is 0 Å². The second kappa shape index (κ2) is 5.63. The molecule has 0 aliphatic carbocycles. The van der Waals surface area contributed by atoms with E-state index in [2.05, 4.69) is 0 Å². The third-order valence-electron chi connectivity index (χ3n) is 2.70. The minimum absolute atomic E-state index is 0.0437. The Bertz CT molecular complexity index is 581. The van der Waals surface area contributed by atoms with Gasteiger partial charge in [0.2, 0.25) is 0 Å². The van der Waals surface area contributed by atoms with Gasteiger partial charge < -0.3 is 5.11 Å². The highest BCUT2D eigenvalue weighted by atomic mass is 35.5. The van der Waals surface area contributed by atoms with Crippen molar-refractivity contribution in [3.05, 3.63) is 70.0 Å². The first-order valence-corrected chi connectivity index (χ1v) is 5.91. The van der Waals surface area contributed by atoms with Gasteiger partial charge in [-0.1, -0.05) is 17.7 Å². The van der Waals surface area contributed by atoms with Crippen molar-refractivity contribution in [2.75, 3.05) is 0 Å². The van der Waals surface area contributed by atoms with E-state index in [9.17, 15) is 18.3 Å². The van der Waals surface area contributed by atoms with Gasteiger partial charge in [0.1, 0.15) is 17.5 Å². The summed E-state index contributed by atoms with van der Waals surface area (Å²) in [5.74, 6) is -2.02. The molecular weight excluding hydrogens is 277 g/mol. The first kappa shape index (κ1) is 13.9. The van der Waals surface area contributed by atoms with Gasteiger partial charge in [-0.3, -0.25) is 0 Å². The molecule has 0 aliphatic rings. The number of rotatable bonds is 3. The van der Waals surface area contributed by atoms with Crippen LogP contribution in [0.3, 0.4) is 0 Å². The maximum absolute atomic E-state index is 13.0. The lowest BCUT2D eigenvalue weighted by molar-refractivity contribution is 0.177. The molecule has 1 atom stereocenters. The molecule has 0 aliphatic heterocycles. The number of hydrogen-bond acceptors (Lipinski definition) is 1. The highest BCUT2D eigenvalue weighted by Crippen LogP contribution is 2.25. The normalized spacial score (nSPS) is 12.5. The monoisotopic (exact) mass is 286 g/mol. The second-order valence-electron chi connectivity index (χ2n) is 4.16. The number of hydrogen-bond donors (Lipinski definition) is 1. The predicted molar refractivity (Wildman–Crippen MR) is 66.4 cm³/mol. The third kappa shape index (κ3) is 3.49. The minimum atomic E-state index is -1.12. The van der Waals surface area contributed by atoms with Crippen molar-refractivity contribution in [3.63, 3.8) is 0 Å². The maximum atomic E-state index is 13.0. The van der Waals surface area contributed by atoms with Gasteiger partial charge in [0.05, 0.1) is 6.10 Å². The summed E-state index contributed by atoms with van der Waals surface area (Å²) in [5, 5.41) is 10.1. The molecule has 0 radical (unpaired) electrons. The van der Waals surface area contributed by atoms with Crippen molar-refractivity contribution in [1.29, 1.82) is 0 Å². The van der Waals surface area contributed by atoms with Crippen LogP contribution in [0.4, 0.5) is 13.2 Å². The van der Waals surface area contributed by atoms with Crippen LogP contribution in [0.25, 0.3) is 0 Å². The standard InChI is InChI=1S/C14H10ClF3O/c15-13-7-10(16)2-1-8(13)5-14(19)9-3-11(17)6-12(18)4-9/h1-4,6-7,14,19H,5H2. The third-order valence-corrected chi connectivity index (χ3v) is 3.05. The molecule has 2 rings (SSSR count). The molecule has 1 N–H and O–H groups in total. The summed E-state index contributed by atoms with van der Waals surface area (Å²) in [6.07, 6.45) is -1.07. The Kier molecular flexibility index (Phi) is 4.12. The number of halogens is 4. The van der Waals surface area contributed by atoms with Crippen LogP contribution >= 0.6 is 11.6 Å². The van der Waals surface area contributed by atoms with Gasteiger partial charge in [-0.2, -0.15) is 0 Å². The topological polar surface area (TPSA) is 20.2 Å². The van der Waals surface area contributed by atoms with Crippen molar-refractivity contribution >= 4 is 11.6 Å². The summed E-state index contributed by atoms with van der Waals surface area (Å²) in [4.78, 5) is 0. The molecule has 0 fully saturated rings. The fraction of sp³-hybridized carbons (Fsp3) is 0.143. The Morgan fingerprint density at radius 2 is 1.58 bits per heavy atom. The molecule has 0 bridgehead atoms. The number of aliphatic hydroxyl groups is 1. The van der Waals surface area contributed by atoms with Crippen molar-refractivity contribution in [2.45, 2.75) is 12.5 Å². The lowest BCUT2D eigenvalue weighted by Gasteiger charge is -2.12. The van der Waals surface area contributed by atoms with E-state index in [4.69, 9.17) is 11.6 Å². The van der Waals surface area contributed by atoms with Crippen LogP contribution in [0.15, 0.2) is 36.4 Å². The molecule has 100 valence electrons. The first-order chi connectivity index (χ1) is 8.95. The SMILES string of the molecule is OC(Cc1ccc(F)cc1Cl)c1cc(F)cc(F)c1. The molecule has 0 saturated heterocycles. The summed E-state index contributed by atoms with van der Waals surface area (Å²) in [5.41, 5.74) is 0.609. The van der Waals surface area contributed by atoms with E-state index in [1.54, 1.807) is 0 Å². The van der Waals surface area contributed by atoms with E-state index in [-0.39, 0.29) is 17.0 Å². The Hall–Kier alpha value is -1.52. The molecule has 19 heavy (non-hydrogen) atoms. The lowest BCUT2D eigenvalue weighted by Crippen LogP contribution is -2.03. The largest absolute Gasteiger partial charge is 0.388 e. The summed E-state index contributed by atoms with van der Waals surface area (Å²) in [6.45, 7) is 0. The summed E-state index contributed by atoms with van der Waals surface area (Å²) in [7, 11) is 0. The fourth-order valence-electron chi connectivity index (χ4n) is 1.78. The van der Waals surface area contributed by atoms with Crippen LogP contribution in [0.5, 0.6) is 0 Å². The molecule has 0 aromatic heterocycles. The Balaban J connectivity index is 2.22. The van der Waals surface area contributed by atoms with Gasteiger partial charge in [0, 0.05) is 17.5 Å². The summed E-state index contributed by atoms with van der Waals surface area (Å²) >= 11 is 5.82. The van der Waals surface area contributed by atoms with Gasteiger partial charge in [-0.05, 0) is 35.4 Å². The molecule has 0 heterocycles. The molecular formula is C14H10ClF3O. The first-order valence-electron chi connectivity index (χ1n) is 5.53. The predicted octanol–water partition coefficient (Wildman–Crippen LogP) is 4.03. The molecule has 0 amide bonds. The van der Waals surface area contributed by atoms with Crippen LogP contribution < -0.4 is 0 Å². The van der Waals surface area contributed by atoms with Gasteiger partial charge in [-0.15, -0.1) is 0 Å². The fourth-order valence-corrected chi connectivity index (χ4v) is 2.03.